The standard InChI is InChI=1S/C14H22N2O3/c1-2-3-13-15-6-7-16(13)11-10-14(5-4-12(11)17)18-8-9-19-14/h6-7,11-12,17H,2-5,8-10H2,1H3. The molecule has 1 aromatic heterocycles. The molecule has 1 aromatic rings. The zero-order valence-corrected chi connectivity index (χ0v) is 11.4. The molecule has 0 bridgehead atoms. The second-order valence-corrected chi connectivity index (χ2v) is 5.49. The summed E-state index contributed by atoms with van der Waals surface area (Å²) in [6.45, 7) is 3.46. The minimum absolute atomic E-state index is 0.0101. The molecule has 2 atom stereocenters. The third-order valence-corrected chi connectivity index (χ3v) is 4.18. The average molecular weight is 266 g/mol. The first-order valence-corrected chi connectivity index (χ1v) is 7.22. The molecular formula is C14H22N2O3. The Bertz CT molecular complexity index is 426. The summed E-state index contributed by atoms with van der Waals surface area (Å²) in [6.07, 6.45) is 7.63. The molecule has 1 saturated carbocycles. The van der Waals surface area contributed by atoms with Gasteiger partial charge in [-0.25, -0.2) is 4.98 Å². The number of hydrogen-bond acceptors (Lipinski definition) is 4. The number of imidazole rings is 1. The first kappa shape index (κ1) is 13.1. The number of aryl methyl sites for hydroxylation is 1. The van der Waals surface area contributed by atoms with Crippen LogP contribution < -0.4 is 0 Å². The molecule has 5 heteroatoms. The lowest BCUT2D eigenvalue weighted by atomic mass is 9.87. The van der Waals surface area contributed by atoms with Crippen molar-refractivity contribution in [2.75, 3.05) is 13.2 Å². The van der Waals surface area contributed by atoms with Gasteiger partial charge in [-0.1, -0.05) is 6.92 Å². The Labute approximate surface area is 113 Å². The summed E-state index contributed by atoms with van der Waals surface area (Å²) in [5.41, 5.74) is 0. The third-order valence-electron chi connectivity index (χ3n) is 4.18. The summed E-state index contributed by atoms with van der Waals surface area (Å²) < 4.78 is 13.7. The molecule has 1 N–H and O–H groups in total. The van der Waals surface area contributed by atoms with E-state index in [1.165, 1.54) is 0 Å². The van der Waals surface area contributed by atoms with Crippen LogP contribution in [0.2, 0.25) is 0 Å². The molecule has 2 unspecified atom stereocenters. The van der Waals surface area contributed by atoms with Crippen LogP contribution in [0.3, 0.4) is 0 Å². The van der Waals surface area contributed by atoms with Crippen molar-refractivity contribution in [3.63, 3.8) is 0 Å². The van der Waals surface area contributed by atoms with E-state index in [4.69, 9.17) is 9.47 Å². The van der Waals surface area contributed by atoms with Gasteiger partial charge in [0.25, 0.3) is 0 Å². The van der Waals surface area contributed by atoms with Crippen molar-refractivity contribution < 1.29 is 14.6 Å². The molecule has 1 aliphatic carbocycles. The van der Waals surface area contributed by atoms with E-state index in [9.17, 15) is 5.11 Å². The maximum Gasteiger partial charge on any atom is 0.170 e. The van der Waals surface area contributed by atoms with Gasteiger partial charge in [0.15, 0.2) is 5.79 Å². The molecule has 0 radical (unpaired) electrons. The van der Waals surface area contributed by atoms with Crippen molar-refractivity contribution >= 4 is 0 Å². The minimum atomic E-state index is -0.475. The normalized spacial score (nSPS) is 30.0. The molecular weight excluding hydrogens is 244 g/mol. The lowest BCUT2D eigenvalue weighted by Crippen LogP contribution is -2.43. The van der Waals surface area contributed by atoms with E-state index in [2.05, 4.69) is 16.5 Å². The molecule has 0 aromatic carbocycles. The van der Waals surface area contributed by atoms with E-state index >= 15 is 0 Å². The van der Waals surface area contributed by atoms with Crippen LogP contribution in [0.5, 0.6) is 0 Å². The zero-order chi connectivity index (χ0) is 13.3. The number of aliphatic hydroxyl groups is 1. The Hall–Kier alpha value is -0.910. The highest BCUT2D eigenvalue weighted by atomic mass is 16.7. The fraction of sp³-hybridized carbons (Fsp3) is 0.786. The van der Waals surface area contributed by atoms with Gasteiger partial charge < -0.3 is 19.1 Å². The number of hydrogen-bond donors (Lipinski definition) is 1. The Morgan fingerprint density at radius 3 is 3.00 bits per heavy atom. The van der Waals surface area contributed by atoms with E-state index in [1.54, 1.807) is 0 Å². The van der Waals surface area contributed by atoms with Crippen LogP contribution in [0.4, 0.5) is 0 Å². The van der Waals surface area contributed by atoms with Gasteiger partial charge in [-0.05, 0) is 12.8 Å². The lowest BCUT2D eigenvalue weighted by molar-refractivity contribution is -0.199. The number of aliphatic hydroxyl groups excluding tert-OH is 1. The predicted molar refractivity (Wildman–Crippen MR) is 69.8 cm³/mol. The first-order valence-electron chi connectivity index (χ1n) is 7.22. The molecule has 0 amide bonds. The summed E-state index contributed by atoms with van der Waals surface area (Å²) in [5, 5.41) is 10.3. The predicted octanol–water partition coefficient (Wildman–Crippen LogP) is 1.66. The summed E-state index contributed by atoms with van der Waals surface area (Å²) in [4.78, 5) is 4.40. The van der Waals surface area contributed by atoms with Gasteiger partial charge in [0.2, 0.25) is 0 Å². The topological polar surface area (TPSA) is 56.5 Å². The third kappa shape index (κ3) is 2.42. The van der Waals surface area contributed by atoms with Gasteiger partial charge >= 0.3 is 0 Å². The number of aromatic nitrogens is 2. The van der Waals surface area contributed by atoms with E-state index < -0.39 is 5.79 Å². The average Bonchev–Trinajstić information content (AvgIpc) is 3.03. The molecule has 106 valence electrons. The molecule has 5 nitrogen and oxygen atoms in total. The summed E-state index contributed by atoms with van der Waals surface area (Å²) >= 11 is 0. The molecule has 1 saturated heterocycles. The van der Waals surface area contributed by atoms with Crippen LogP contribution >= 0.6 is 0 Å². The largest absolute Gasteiger partial charge is 0.391 e. The summed E-state index contributed by atoms with van der Waals surface area (Å²) in [6, 6.07) is 0.0101. The van der Waals surface area contributed by atoms with Crippen molar-refractivity contribution in [3.05, 3.63) is 18.2 Å². The van der Waals surface area contributed by atoms with Crippen molar-refractivity contribution in [1.29, 1.82) is 0 Å². The number of nitrogens with zero attached hydrogens (tertiary/aromatic N) is 2. The monoisotopic (exact) mass is 266 g/mol. The van der Waals surface area contributed by atoms with Crippen molar-refractivity contribution in [2.45, 2.75) is 57.0 Å². The van der Waals surface area contributed by atoms with E-state index in [1.807, 2.05) is 12.4 Å². The SMILES string of the molecule is CCCc1nccn1C1CC2(CCC1O)OCCO2. The molecule has 1 spiro atoms. The Kier molecular flexibility index (Phi) is 3.60. The smallest absolute Gasteiger partial charge is 0.170 e. The van der Waals surface area contributed by atoms with Gasteiger partial charge in [0.05, 0.1) is 25.4 Å². The van der Waals surface area contributed by atoms with Gasteiger partial charge in [-0.15, -0.1) is 0 Å². The van der Waals surface area contributed by atoms with E-state index in [0.717, 1.165) is 25.1 Å². The Balaban J connectivity index is 1.82. The van der Waals surface area contributed by atoms with Gasteiger partial charge in [-0.2, -0.15) is 0 Å². The zero-order valence-electron chi connectivity index (χ0n) is 11.4. The second-order valence-electron chi connectivity index (χ2n) is 5.49. The molecule has 3 rings (SSSR count). The fourth-order valence-electron chi connectivity index (χ4n) is 3.22. The van der Waals surface area contributed by atoms with Crippen molar-refractivity contribution in [2.24, 2.45) is 0 Å². The molecule has 2 aliphatic rings. The molecule has 2 fully saturated rings. The highest BCUT2D eigenvalue weighted by Gasteiger charge is 2.45. The Morgan fingerprint density at radius 2 is 2.26 bits per heavy atom. The van der Waals surface area contributed by atoms with E-state index in [-0.39, 0.29) is 12.1 Å². The first-order chi connectivity index (χ1) is 9.24. The van der Waals surface area contributed by atoms with Gasteiger partial charge in [0.1, 0.15) is 5.82 Å². The van der Waals surface area contributed by atoms with E-state index in [0.29, 0.717) is 26.1 Å². The number of rotatable bonds is 3. The van der Waals surface area contributed by atoms with Gasteiger partial charge in [0, 0.05) is 31.7 Å². The molecule has 19 heavy (non-hydrogen) atoms. The van der Waals surface area contributed by atoms with Gasteiger partial charge in [-0.3, -0.25) is 0 Å². The van der Waals surface area contributed by atoms with Crippen LogP contribution in [0, 0.1) is 0 Å². The minimum Gasteiger partial charge on any atom is -0.391 e. The van der Waals surface area contributed by atoms with Crippen molar-refractivity contribution in [1.82, 2.24) is 9.55 Å². The quantitative estimate of drug-likeness (QED) is 0.904. The van der Waals surface area contributed by atoms with Crippen LogP contribution in [-0.4, -0.2) is 39.8 Å². The van der Waals surface area contributed by atoms with Crippen LogP contribution in [0.15, 0.2) is 12.4 Å². The highest BCUT2D eigenvalue weighted by molar-refractivity contribution is 5.01. The fourth-order valence-corrected chi connectivity index (χ4v) is 3.22. The van der Waals surface area contributed by atoms with Crippen LogP contribution in [-0.2, 0) is 15.9 Å². The van der Waals surface area contributed by atoms with Crippen LogP contribution in [0.1, 0.15) is 44.5 Å². The maximum absolute atomic E-state index is 10.3. The number of ether oxygens (including phenoxy) is 2. The summed E-state index contributed by atoms with van der Waals surface area (Å²) in [5.74, 6) is 0.569. The summed E-state index contributed by atoms with van der Waals surface area (Å²) in [7, 11) is 0. The molecule has 1 aliphatic heterocycles. The maximum atomic E-state index is 10.3. The molecule has 2 heterocycles. The highest BCUT2D eigenvalue weighted by Crippen LogP contribution is 2.41. The second kappa shape index (κ2) is 5.23. The van der Waals surface area contributed by atoms with Crippen molar-refractivity contribution in [3.8, 4) is 0 Å². The van der Waals surface area contributed by atoms with Crippen LogP contribution in [0.25, 0.3) is 0 Å². The Morgan fingerprint density at radius 1 is 1.47 bits per heavy atom. The lowest BCUT2D eigenvalue weighted by Gasteiger charge is -2.40.